The summed E-state index contributed by atoms with van der Waals surface area (Å²) in [5.41, 5.74) is 3.33. The molecule has 2 aromatic rings. The van der Waals surface area contributed by atoms with Gasteiger partial charge in [-0.15, -0.1) is 0 Å². The lowest BCUT2D eigenvalue weighted by Gasteiger charge is -2.25. The lowest BCUT2D eigenvalue weighted by Crippen LogP contribution is -2.31. The van der Waals surface area contributed by atoms with Crippen LogP contribution in [0.3, 0.4) is 0 Å². The first-order chi connectivity index (χ1) is 14.0. The fraction of sp³-hybridized carbons (Fsp3) is 0.348. The van der Waals surface area contributed by atoms with Crippen molar-refractivity contribution in [2.75, 3.05) is 16.8 Å². The zero-order valence-corrected chi connectivity index (χ0v) is 16.1. The average molecular weight is 392 g/mol. The Balaban J connectivity index is 1.40. The molecule has 4 rings (SSSR count). The van der Waals surface area contributed by atoms with Crippen molar-refractivity contribution in [3.8, 4) is 0 Å². The number of hydrogen-bond acceptors (Lipinski definition) is 3. The highest BCUT2D eigenvalue weighted by Gasteiger charge is 2.31. The number of carboxylic acids is 1. The Kier molecular flexibility index (Phi) is 5.34. The summed E-state index contributed by atoms with van der Waals surface area (Å²) in [6.45, 7) is 0.670. The summed E-state index contributed by atoms with van der Waals surface area (Å²) in [5.74, 6) is -1.75. The van der Waals surface area contributed by atoms with Crippen LogP contribution in [0.25, 0.3) is 0 Å². The molecule has 2 N–H and O–H groups in total. The second-order valence-corrected chi connectivity index (χ2v) is 7.80. The molecule has 2 unspecified atom stereocenters. The maximum Gasteiger partial charge on any atom is 0.306 e. The molecule has 1 fully saturated rings. The number of fused-ring (bicyclic) bond motifs is 1. The smallest absolute Gasteiger partial charge is 0.306 e. The van der Waals surface area contributed by atoms with E-state index in [1.807, 2.05) is 24.3 Å². The average Bonchev–Trinajstić information content (AvgIpc) is 3.18. The lowest BCUT2D eigenvalue weighted by atomic mass is 9.81. The van der Waals surface area contributed by atoms with E-state index in [1.165, 1.54) is 5.56 Å². The minimum absolute atomic E-state index is 0.0515. The number of amides is 2. The van der Waals surface area contributed by atoms with Gasteiger partial charge in [0, 0.05) is 29.4 Å². The highest BCUT2D eigenvalue weighted by molar-refractivity contribution is 6.07. The summed E-state index contributed by atoms with van der Waals surface area (Å²) < 4.78 is 0. The van der Waals surface area contributed by atoms with Crippen molar-refractivity contribution < 1.29 is 19.5 Å². The molecule has 6 heteroatoms. The molecule has 150 valence electrons. The van der Waals surface area contributed by atoms with E-state index in [2.05, 4.69) is 5.32 Å². The summed E-state index contributed by atoms with van der Waals surface area (Å²) in [6, 6.07) is 14.8. The number of aliphatic carboxylic acids is 1. The molecule has 1 saturated carbocycles. The highest BCUT2D eigenvalue weighted by Crippen LogP contribution is 2.31. The Morgan fingerprint density at radius 3 is 2.45 bits per heavy atom. The molecule has 2 atom stereocenters. The van der Waals surface area contributed by atoms with Gasteiger partial charge < -0.3 is 15.3 Å². The monoisotopic (exact) mass is 392 g/mol. The molecule has 2 amide bonds. The SMILES string of the molecule is O=C(O)C1CCCC(C(=O)Nc2ccc(C(=O)N3CCc4ccccc43)cc2)C1. The molecule has 0 radical (unpaired) electrons. The first-order valence-electron chi connectivity index (χ1n) is 10.1. The summed E-state index contributed by atoms with van der Waals surface area (Å²) in [7, 11) is 0. The van der Waals surface area contributed by atoms with Gasteiger partial charge in [-0.2, -0.15) is 0 Å². The van der Waals surface area contributed by atoms with Crippen LogP contribution >= 0.6 is 0 Å². The van der Waals surface area contributed by atoms with Crippen molar-refractivity contribution in [2.45, 2.75) is 32.1 Å². The molecule has 2 aliphatic rings. The van der Waals surface area contributed by atoms with Gasteiger partial charge in [-0.3, -0.25) is 14.4 Å². The third-order valence-electron chi connectivity index (χ3n) is 5.93. The maximum atomic E-state index is 12.9. The van der Waals surface area contributed by atoms with Crippen molar-refractivity contribution in [3.05, 3.63) is 59.7 Å². The number of nitrogens with one attached hydrogen (secondary N) is 1. The number of hydrogen-bond donors (Lipinski definition) is 2. The topological polar surface area (TPSA) is 86.7 Å². The second-order valence-electron chi connectivity index (χ2n) is 7.80. The van der Waals surface area contributed by atoms with Crippen LogP contribution in [0.4, 0.5) is 11.4 Å². The van der Waals surface area contributed by atoms with E-state index in [4.69, 9.17) is 0 Å². The van der Waals surface area contributed by atoms with Gasteiger partial charge in [-0.05, 0) is 61.6 Å². The van der Waals surface area contributed by atoms with Crippen molar-refractivity contribution in [1.82, 2.24) is 0 Å². The van der Waals surface area contributed by atoms with Gasteiger partial charge in [0.25, 0.3) is 5.91 Å². The Morgan fingerprint density at radius 2 is 1.69 bits per heavy atom. The van der Waals surface area contributed by atoms with E-state index in [-0.39, 0.29) is 17.7 Å². The Bertz CT molecular complexity index is 938. The van der Waals surface area contributed by atoms with Crippen LogP contribution in [0.15, 0.2) is 48.5 Å². The summed E-state index contributed by atoms with van der Waals surface area (Å²) in [4.78, 5) is 38.4. The molecule has 1 aliphatic carbocycles. The summed E-state index contributed by atoms with van der Waals surface area (Å²) >= 11 is 0. The minimum Gasteiger partial charge on any atom is -0.481 e. The molecule has 2 aromatic carbocycles. The van der Waals surface area contributed by atoms with E-state index in [9.17, 15) is 19.5 Å². The number of carbonyl (C=O) groups excluding carboxylic acids is 2. The van der Waals surface area contributed by atoms with Crippen LogP contribution in [0.1, 0.15) is 41.6 Å². The standard InChI is InChI=1S/C23H24N2O4/c26-21(17-5-3-6-18(14-17)23(28)29)24-19-10-8-16(9-11-19)22(27)25-13-12-15-4-1-2-7-20(15)25/h1-2,4,7-11,17-18H,3,5-6,12-14H2,(H,24,26)(H,28,29). The normalized spacial score (nSPS) is 20.8. The van der Waals surface area contributed by atoms with Gasteiger partial charge in [0.15, 0.2) is 0 Å². The number of carboxylic acid groups (broad SMARTS) is 1. The van der Waals surface area contributed by atoms with Crippen molar-refractivity contribution in [1.29, 1.82) is 0 Å². The van der Waals surface area contributed by atoms with E-state index in [0.717, 1.165) is 18.5 Å². The number of carbonyl (C=O) groups is 3. The molecular weight excluding hydrogens is 368 g/mol. The van der Waals surface area contributed by atoms with E-state index >= 15 is 0 Å². The summed E-state index contributed by atoms with van der Waals surface area (Å²) in [5, 5.41) is 12.1. The van der Waals surface area contributed by atoms with E-state index < -0.39 is 11.9 Å². The van der Waals surface area contributed by atoms with Crippen molar-refractivity contribution in [2.24, 2.45) is 11.8 Å². The molecule has 0 spiro atoms. The zero-order chi connectivity index (χ0) is 20.4. The fourth-order valence-corrected chi connectivity index (χ4v) is 4.30. The largest absolute Gasteiger partial charge is 0.481 e. The van der Waals surface area contributed by atoms with Gasteiger partial charge in [0.1, 0.15) is 0 Å². The Labute approximate surface area is 169 Å². The molecule has 0 bridgehead atoms. The Hall–Kier alpha value is -3.15. The van der Waals surface area contributed by atoms with Crippen molar-refractivity contribution in [3.63, 3.8) is 0 Å². The number of rotatable bonds is 4. The highest BCUT2D eigenvalue weighted by atomic mass is 16.4. The third-order valence-corrected chi connectivity index (χ3v) is 5.93. The molecule has 1 aliphatic heterocycles. The molecular formula is C23H24N2O4. The van der Waals surface area contributed by atoms with E-state index in [1.54, 1.807) is 29.2 Å². The van der Waals surface area contributed by atoms with Crippen LogP contribution in [0, 0.1) is 11.8 Å². The Morgan fingerprint density at radius 1 is 0.966 bits per heavy atom. The van der Waals surface area contributed by atoms with Gasteiger partial charge in [0.05, 0.1) is 5.92 Å². The number of benzene rings is 2. The van der Waals surface area contributed by atoms with Gasteiger partial charge in [-0.25, -0.2) is 0 Å². The molecule has 6 nitrogen and oxygen atoms in total. The predicted octanol–water partition coefficient (Wildman–Crippen LogP) is 3.72. The molecule has 1 heterocycles. The quantitative estimate of drug-likeness (QED) is 0.830. The maximum absolute atomic E-state index is 12.9. The molecule has 29 heavy (non-hydrogen) atoms. The number of para-hydroxylation sites is 1. The van der Waals surface area contributed by atoms with Gasteiger partial charge in [0.2, 0.25) is 5.91 Å². The first-order valence-corrected chi connectivity index (χ1v) is 10.1. The van der Waals surface area contributed by atoms with Crippen LogP contribution in [0.2, 0.25) is 0 Å². The van der Waals surface area contributed by atoms with Crippen LogP contribution < -0.4 is 10.2 Å². The summed E-state index contributed by atoms with van der Waals surface area (Å²) in [6.07, 6.45) is 3.33. The predicted molar refractivity (Wildman–Crippen MR) is 110 cm³/mol. The number of anilines is 2. The second kappa shape index (κ2) is 8.07. The first kappa shape index (κ1) is 19.2. The molecule has 0 saturated heterocycles. The lowest BCUT2D eigenvalue weighted by molar-refractivity contribution is -0.143. The minimum atomic E-state index is -0.825. The zero-order valence-electron chi connectivity index (χ0n) is 16.1. The van der Waals surface area contributed by atoms with Crippen molar-refractivity contribution >= 4 is 29.2 Å². The number of nitrogens with zero attached hydrogens (tertiary/aromatic N) is 1. The van der Waals surface area contributed by atoms with Crippen LogP contribution in [-0.2, 0) is 16.0 Å². The van der Waals surface area contributed by atoms with E-state index in [0.29, 0.717) is 37.1 Å². The fourth-order valence-electron chi connectivity index (χ4n) is 4.30. The third kappa shape index (κ3) is 4.01. The van der Waals surface area contributed by atoms with Gasteiger partial charge >= 0.3 is 5.97 Å². The van der Waals surface area contributed by atoms with Crippen LogP contribution in [-0.4, -0.2) is 29.4 Å². The van der Waals surface area contributed by atoms with Crippen LogP contribution in [0.5, 0.6) is 0 Å². The molecule has 0 aromatic heterocycles. The van der Waals surface area contributed by atoms with Gasteiger partial charge in [-0.1, -0.05) is 24.6 Å².